The number of rotatable bonds is 4. The van der Waals surface area contributed by atoms with E-state index in [9.17, 15) is 4.79 Å². The smallest absolute Gasteiger partial charge is 0.223 e. The Bertz CT molecular complexity index is 597. The minimum Gasteiger partial charge on any atom is -0.339 e. The lowest BCUT2D eigenvalue weighted by molar-refractivity contribution is -0.134. The van der Waals surface area contributed by atoms with Crippen LogP contribution < -0.4 is 0 Å². The summed E-state index contributed by atoms with van der Waals surface area (Å²) in [6.45, 7) is 2.57. The largest absolute Gasteiger partial charge is 0.339 e. The molecule has 0 saturated carbocycles. The topological polar surface area (TPSA) is 23.6 Å². The van der Waals surface area contributed by atoms with Gasteiger partial charge in [0.05, 0.1) is 6.04 Å². The zero-order valence-corrected chi connectivity index (χ0v) is 13.8. The Morgan fingerprint density at radius 2 is 2.00 bits per heavy atom. The summed E-state index contributed by atoms with van der Waals surface area (Å²) in [5.41, 5.74) is 1.29. The summed E-state index contributed by atoms with van der Waals surface area (Å²) in [6.07, 6.45) is 1.48. The fraction of sp³-hybridized carbons (Fsp3) is 0.389. The predicted octanol–water partition coefficient (Wildman–Crippen LogP) is 3.20. The van der Waals surface area contributed by atoms with Crippen LogP contribution in [0.2, 0.25) is 0 Å². The SMILES string of the molecule is CN1CCN(C(=O)CCc2cccs2)CC1c1ccccc1. The molecule has 0 radical (unpaired) electrons. The first-order valence-electron chi connectivity index (χ1n) is 7.79. The van der Waals surface area contributed by atoms with Gasteiger partial charge in [-0.2, -0.15) is 0 Å². The van der Waals surface area contributed by atoms with E-state index in [2.05, 4.69) is 47.7 Å². The van der Waals surface area contributed by atoms with Gasteiger partial charge in [-0.1, -0.05) is 36.4 Å². The van der Waals surface area contributed by atoms with Crippen molar-refractivity contribution in [2.45, 2.75) is 18.9 Å². The molecule has 1 saturated heterocycles. The van der Waals surface area contributed by atoms with Crippen LogP contribution in [0.5, 0.6) is 0 Å². The highest BCUT2D eigenvalue weighted by Crippen LogP contribution is 2.24. The molecule has 0 N–H and O–H groups in total. The Morgan fingerprint density at radius 3 is 2.73 bits per heavy atom. The second-order valence-electron chi connectivity index (χ2n) is 5.83. The minimum absolute atomic E-state index is 0.280. The van der Waals surface area contributed by atoms with E-state index in [1.807, 2.05) is 17.0 Å². The number of nitrogens with zero attached hydrogens (tertiary/aromatic N) is 2. The average Bonchev–Trinajstić information content (AvgIpc) is 3.07. The molecule has 1 unspecified atom stereocenters. The number of hydrogen-bond donors (Lipinski definition) is 0. The number of likely N-dealkylation sites (N-methyl/N-ethyl adjacent to an activating group) is 1. The summed E-state index contributed by atoms with van der Waals surface area (Å²) < 4.78 is 0. The van der Waals surface area contributed by atoms with Gasteiger partial charge in [0.1, 0.15) is 0 Å². The Morgan fingerprint density at radius 1 is 1.18 bits per heavy atom. The summed E-state index contributed by atoms with van der Waals surface area (Å²) in [4.78, 5) is 18.2. The molecule has 0 aliphatic carbocycles. The normalized spacial score (nSPS) is 19.3. The Kier molecular flexibility index (Phi) is 4.90. The number of thiophene rings is 1. The average molecular weight is 314 g/mol. The Labute approximate surface area is 136 Å². The van der Waals surface area contributed by atoms with Crippen LogP contribution >= 0.6 is 11.3 Å². The van der Waals surface area contributed by atoms with Crippen molar-refractivity contribution in [3.05, 3.63) is 58.3 Å². The third kappa shape index (κ3) is 3.57. The van der Waals surface area contributed by atoms with Crippen LogP contribution in [0.3, 0.4) is 0 Å². The number of carbonyl (C=O) groups is 1. The maximum atomic E-state index is 12.5. The molecule has 0 bridgehead atoms. The van der Waals surface area contributed by atoms with Crippen molar-refractivity contribution in [1.29, 1.82) is 0 Å². The minimum atomic E-state index is 0.280. The van der Waals surface area contributed by atoms with Crippen molar-refractivity contribution in [2.75, 3.05) is 26.7 Å². The van der Waals surface area contributed by atoms with Crippen molar-refractivity contribution in [1.82, 2.24) is 9.80 Å². The van der Waals surface area contributed by atoms with Crippen LogP contribution in [0, 0.1) is 0 Å². The number of hydrogen-bond acceptors (Lipinski definition) is 3. The second-order valence-corrected chi connectivity index (χ2v) is 6.86. The van der Waals surface area contributed by atoms with Crippen LogP contribution in [0.25, 0.3) is 0 Å². The second kappa shape index (κ2) is 7.07. The lowest BCUT2D eigenvalue weighted by Gasteiger charge is -2.39. The summed E-state index contributed by atoms with van der Waals surface area (Å²) in [5, 5.41) is 2.07. The molecular formula is C18H22N2OS. The van der Waals surface area contributed by atoms with Gasteiger partial charge >= 0.3 is 0 Å². The number of carbonyl (C=O) groups excluding carboxylic acids is 1. The van der Waals surface area contributed by atoms with E-state index in [4.69, 9.17) is 0 Å². The first kappa shape index (κ1) is 15.3. The summed E-state index contributed by atoms with van der Waals surface area (Å²) >= 11 is 1.73. The van der Waals surface area contributed by atoms with Crippen LogP contribution in [-0.2, 0) is 11.2 Å². The molecule has 4 heteroatoms. The fourth-order valence-electron chi connectivity index (χ4n) is 2.98. The summed E-state index contributed by atoms with van der Waals surface area (Å²) in [7, 11) is 2.14. The molecule has 1 aromatic heterocycles. The monoisotopic (exact) mass is 314 g/mol. The van der Waals surface area contributed by atoms with Crippen molar-refractivity contribution < 1.29 is 4.79 Å². The van der Waals surface area contributed by atoms with Crippen molar-refractivity contribution in [3.63, 3.8) is 0 Å². The number of benzene rings is 1. The molecule has 22 heavy (non-hydrogen) atoms. The number of amides is 1. The highest BCUT2D eigenvalue weighted by atomic mass is 32.1. The molecule has 1 aliphatic rings. The number of aryl methyl sites for hydroxylation is 1. The molecule has 3 nitrogen and oxygen atoms in total. The molecule has 116 valence electrons. The molecule has 1 atom stereocenters. The molecular weight excluding hydrogens is 292 g/mol. The van der Waals surface area contributed by atoms with E-state index < -0.39 is 0 Å². The lowest BCUT2D eigenvalue weighted by Crippen LogP contribution is -2.49. The van der Waals surface area contributed by atoms with Crippen molar-refractivity contribution in [3.8, 4) is 0 Å². The van der Waals surface area contributed by atoms with Gasteiger partial charge in [0.25, 0.3) is 0 Å². The molecule has 1 aromatic carbocycles. The van der Waals surface area contributed by atoms with Gasteiger partial charge in [0.2, 0.25) is 5.91 Å². The first-order valence-corrected chi connectivity index (χ1v) is 8.67. The first-order chi connectivity index (χ1) is 10.7. The van der Waals surface area contributed by atoms with Gasteiger partial charge < -0.3 is 4.90 Å². The maximum absolute atomic E-state index is 12.5. The molecule has 0 spiro atoms. The fourth-order valence-corrected chi connectivity index (χ4v) is 3.69. The van der Waals surface area contributed by atoms with E-state index in [1.54, 1.807) is 11.3 Å². The van der Waals surface area contributed by atoms with E-state index in [1.165, 1.54) is 10.4 Å². The highest BCUT2D eigenvalue weighted by Gasteiger charge is 2.27. The Balaban J connectivity index is 1.61. The van der Waals surface area contributed by atoms with E-state index in [-0.39, 0.29) is 5.91 Å². The van der Waals surface area contributed by atoms with Crippen molar-refractivity contribution in [2.24, 2.45) is 0 Å². The third-order valence-electron chi connectivity index (χ3n) is 4.35. The van der Waals surface area contributed by atoms with Crippen LogP contribution in [0.15, 0.2) is 47.8 Å². The van der Waals surface area contributed by atoms with Gasteiger partial charge in [0.15, 0.2) is 0 Å². The van der Waals surface area contributed by atoms with Crippen LogP contribution in [0.4, 0.5) is 0 Å². The van der Waals surface area contributed by atoms with Crippen LogP contribution in [0.1, 0.15) is 22.9 Å². The van der Waals surface area contributed by atoms with Gasteiger partial charge in [-0.25, -0.2) is 0 Å². The zero-order chi connectivity index (χ0) is 15.4. The van der Waals surface area contributed by atoms with Gasteiger partial charge in [0, 0.05) is 30.9 Å². The Hall–Kier alpha value is -1.65. The number of piperazine rings is 1. The molecule has 2 aromatic rings. The zero-order valence-electron chi connectivity index (χ0n) is 12.9. The van der Waals surface area contributed by atoms with E-state index in [0.29, 0.717) is 12.5 Å². The quantitative estimate of drug-likeness (QED) is 0.865. The van der Waals surface area contributed by atoms with Gasteiger partial charge in [-0.3, -0.25) is 9.69 Å². The molecule has 3 rings (SSSR count). The maximum Gasteiger partial charge on any atom is 0.223 e. The van der Waals surface area contributed by atoms with Gasteiger partial charge in [-0.05, 0) is 30.5 Å². The van der Waals surface area contributed by atoms with Crippen molar-refractivity contribution >= 4 is 17.2 Å². The summed E-state index contributed by atoms with van der Waals surface area (Å²) in [6, 6.07) is 14.9. The van der Waals surface area contributed by atoms with E-state index >= 15 is 0 Å². The van der Waals surface area contributed by atoms with Crippen LogP contribution in [-0.4, -0.2) is 42.4 Å². The lowest BCUT2D eigenvalue weighted by atomic mass is 10.0. The predicted molar refractivity (Wildman–Crippen MR) is 91.0 cm³/mol. The van der Waals surface area contributed by atoms with E-state index in [0.717, 1.165) is 26.1 Å². The molecule has 1 aliphatic heterocycles. The standard InChI is InChI=1S/C18H22N2OS/c1-19-11-12-20(14-17(19)15-6-3-2-4-7-15)18(21)10-9-16-8-5-13-22-16/h2-8,13,17H,9-12,14H2,1H3. The molecule has 1 fully saturated rings. The third-order valence-corrected chi connectivity index (χ3v) is 5.29. The molecule has 2 heterocycles. The summed E-state index contributed by atoms with van der Waals surface area (Å²) in [5.74, 6) is 0.280. The van der Waals surface area contributed by atoms with Gasteiger partial charge in [-0.15, -0.1) is 11.3 Å². The highest BCUT2D eigenvalue weighted by molar-refractivity contribution is 7.09. The molecule has 1 amide bonds.